The smallest absolute Gasteiger partial charge is 0.223 e. The van der Waals surface area contributed by atoms with Crippen LogP contribution in [-0.4, -0.2) is 31.4 Å². The highest BCUT2D eigenvalue weighted by atomic mass is 16.2. The van der Waals surface area contributed by atoms with Gasteiger partial charge in [-0.05, 0) is 19.4 Å². The number of benzene rings is 1. The molecule has 0 heterocycles. The fourth-order valence-electron chi connectivity index (χ4n) is 1.68. The number of aryl methyl sites for hydroxylation is 1. The Morgan fingerprint density at radius 2 is 2.12 bits per heavy atom. The fraction of sp³-hybridized carbons (Fsp3) is 0.500. The third-order valence-electron chi connectivity index (χ3n) is 2.83. The number of rotatable bonds is 5. The van der Waals surface area contributed by atoms with Gasteiger partial charge in [0.05, 0.1) is 0 Å². The van der Waals surface area contributed by atoms with Gasteiger partial charge in [0.2, 0.25) is 5.91 Å². The van der Waals surface area contributed by atoms with Gasteiger partial charge in [-0.15, -0.1) is 0 Å². The van der Waals surface area contributed by atoms with Crippen molar-refractivity contribution in [1.82, 2.24) is 10.2 Å². The van der Waals surface area contributed by atoms with Crippen LogP contribution in [0, 0.1) is 6.92 Å². The van der Waals surface area contributed by atoms with Gasteiger partial charge in [0.1, 0.15) is 0 Å². The number of carbonyl (C=O) groups excluding carboxylic acids is 1. The normalized spacial score (nSPS) is 12.2. The second-order valence-electron chi connectivity index (χ2n) is 4.63. The summed E-state index contributed by atoms with van der Waals surface area (Å²) < 4.78 is 0. The van der Waals surface area contributed by atoms with Crippen molar-refractivity contribution in [2.45, 2.75) is 26.3 Å². The molecule has 0 saturated heterocycles. The van der Waals surface area contributed by atoms with Gasteiger partial charge in [0.25, 0.3) is 0 Å². The summed E-state index contributed by atoms with van der Waals surface area (Å²) in [5.74, 6) is 0.161. The number of amides is 1. The van der Waals surface area contributed by atoms with E-state index in [1.54, 1.807) is 19.0 Å². The Bertz CT molecular complexity index is 374. The van der Waals surface area contributed by atoms with Crippen LogP contribution in [0.2, 0.25) is 0 Å². The molecule has 3 nitrogen and oxygen atoms in total. The van der Waals surface area contributed by atoms with Crippen molar-refractivity contribution in [3.05, 3.63) is 35.4 Å². The van der Waals surface area contributed by atoms with Crippen LogP contribution in [0.25, 0.3) is 0 Å². The molecule has 1 aromatic carbocycles. The Balaban J connectivity index is 2.40. The first-order valence-corrected chi connectivity index (χ1v) is 6.01. The molecule has 1 atom stereocenters. The molecule has 1 N–H and O–H groups in total. The summed E-state index contributed by atoms with van der Waals surface area (Å²) >= 11 is 0. The standard InChI is InChI=1S/C14H22N2O/c1-11-6-5-7-13(10-11)12(2)15-9-8-14(17)16(3)4/h5-7,10,12,15H,8-9H2,1-4H3/t12-/m0/s1. The molecule has 17 heavy (non-hydrogen) atoms. The Kier molecular flexibility index (Phi) is 5.16. The molecule has 3 heteroatoms. The second kappa shape index (κ2) is 6.40. The topological polar surface area (TPSA) is 32.3 Å². The third-order valence-corrected chi connectivity index (χ3v) is 2.83. The summed E-state index contributed by atoms with van der Waals surface area (Å²) in [6.45, 7) is 4.92. The summed E-state index contributed by atoms with van der Waals surface area (Å²) in [6, 6.07) is 8.72. The molecule has 0 saturated carbocycles. The lowest BCUT2D eigenvalue weighted by Crippen LogP contribution is -2.28. The molecule has 0 bridgehead atoms. The number of nitrogens with zero attached hydrogens (tertiary/aromatic N) is 1. The molecule has 0 aliphatic carbocycles. The first-order valence-electron chi connectivity index (χ1n) is 6.01. The molecule has 94 valence electrons. The minimum atomic E-state index is 0.161. The maximum Gasteiger partial charge on any atom is 0.223 e. The average Bonchev–Trinajstić information content (AvgIpc) is 2.28. The molecule has 0 unspecified atom stereocenters. The predicted molar refractivity (Wildman–Crippen MR) is 70.9 cm³/mol. The van der Waals surface area contributed by atoms with Gasteiger partial charge in [0, 0.05) is 33.1 Å². The van der Waals surface area contributed by atoms with Gasteiger partial charge in [-0.25, -0.2) is 0 Å². The average molecular weight is 234 g/mol. The van der Waals surface area contributed by atoms with Gasteiger partial charge in [-0.1, -0.05) is 29.8 Å². The quantitative estimate of drug-likeness (QED) is 0.846. The highest BCUT2D eigenvalue weighted by molar-refractivity contribution is 5.75. The van der Waals surface area contributed by atoms with Gasteiger partial charge in [-0.2, -0.15) is 0 Å². The van der Waals surface area contributed by atoms with E-state index in [-0.39, 0.29) is 11.9 Å². The van der Waals surface area contributed by atoms with E-state index in [4.69, 9.17) is 0 Å². The van der Waals surface area contributed by atoms with Crippen molar-refractivity contribution < 1.29 is 4.79 Å². The molecule has 1 aromatic rings. The Morgan fingerprint density at radius 3 is 2.71 bits per heavy atom. The molecule has 0 aromatic heterocycles. The van der Waals surface area contributed by atoms with Crippen LogP contribution < -0.4 is 5.32 Å². The Labute approximate surface area is 104 Å². The molecule has 0 radical (unpaired) electrons. The van der Waals surface area contributed by atoms with Crippen LogP contribution >= 0.6 is 0 Å². The summed E-state index contributed by atoms with van der Waals surface area (Å²) in [4.78, 5) is 13.0. The molecule has 1 amide bonds. The zero-order valence-electron chi connectivity index (χ0n) is 11.2. The fourth-order valence-corrected chi connectivity index (χ4v) is 1.68. The van der Waals surface area contributed by atoms with Crippen molar-refractivity contribution in [3.8, 4) is 0 Å². The molecule has 0 aliphatic rings. The van der Waals surface area contributed by atoms with Gasteiger partial charge in [-0.3, -0.25) is 4.79 Å². The summed E-state index contributed by atoms with van der Waals surface area (Å²) in [5, 5.41) is 3.36. The zero-order valence-corrected chi connectivity index (χ0v) is 11.2. The van der Waals surface area contributed by atoms with E-state index in [0.717, 1.165) is 0 Å². The lowest BCUT2D eigenvalue weighted by molar-refractivity contribution is -0.128. The van der Waals surface area contributed by atoms with Gasteiger partial charge in [0.15, 0.2) is 0 Å². The molecule has 0 fully saturated rings. The van der Waals surface area contributed by atoms with Gasteiger partial charge < -0.3 is 10.2 Å². The number of carbonyl (C=O) groups is 1. The van der Waals surface area contributed by atoms with Gasteiger partial charge >= 0.3 is 0 Å². The first-order chi connectivity index (χ1) is 8.00. The van der Waals surface area contributed by atoms with Crippen LogP contribution in [0.4, 0.5) is 0 Å². The molecule has 0 spiro atoms. The molecule has 1 rings (SSSR count). The van der Waals surface area contributed by atoms with Crippen LogP contribution in [0.1, 0.15) is 30.5 Å². The van der Waals surface area contributed by atoms with E-state index in [1.807, 2.05) is 0 Å². The van der Waals surface area contributed by atoms with E-state index in [9.17, 15) is 4.79 Å². The van der Waals surface area contributed by atoms with Crippen molar-refractivity contribution in [2.24, 2.45) is 0 Å². The SMILES string of the molecule is Cc1cccc([C@H](C)NCCC(=O)N(C)C)c1. The minimum Gasteiger partial charge on any atom is -0.349 e. The van der Waals surface area contributed by atoms with Crippen molar-refractivity contribution in [2.75, 3.05) is 20.6 Å². The second-order valence-corrected chi connectivity index (χ2v) is 4.63. The first kappa shape index (κ1) is 13.7. The van der Waals surface area contributed by atoms with Crippen LogP contribution in [-0.2, 0) is 4.79 Å². The van der Waals surface area contributed by atoms with E-state index in [0.29, 0.717) is 13.0 Å². The maximum atomic E-state index is 11.4. The number of hydrogen-bond donors (Lipinski definition) is 1. The molecule has 0 aliphatic heterocycles. The zero-order chi connectivity index (χ0) is 12.8. The van der Waals surface area contributed by atoms with Crippen LogP contribution in [0.3, 0.4) is 0 Å². The van der Waals surface area contributed by atoms with Crippen LogP contribution in [0.5, 0.6) is 0 Å². The monoisotopic (exact) mass is 234 g/mol. The summed E-state index contributed by atoms with van der Waals surface area (Å²) in [7, 11) is 3.57. The van der Waals surface area contributed by atoms with Crippen molar-refractivity contribution in [1.29, 1.82) is 0 Å². The molecular formula is C14H22N2O. The molecular weight excluding hydrogens is 212 g/mol. The van der Waals surface area contributed by atoms with Crippen molar-refractivity contribution >= 4 is 5.91 Å². The predicted octanol–water partition coefficient (Wildman–Crippen LogP) is 2.12. The highest BCUT2D eigenvalue weighted by Crippen LogP contribution is 2.13. The lowest BCUT2D eigenvalue weighted by atomic mass is 10.1. The van der Waals surface area contributed by atoms with E-state index in [1.165, 1.54) is 11.1 Å². The largest absolute Gasteiger partial charge is 0.349 e. The third kappa shape index (κ3) is 4.57. The van der Waals surface area contributed by atoms with E-state index >= 15 is 0 Å². The van der Waals surface area contributed by atoms with Crippen molar-refractivity contribution in [3.63, 3.8) is 0 Å². The Hall–Kier alpha value is -1.35. The highest BCUT2D eigenvalue weighted by Gasteiger charge is 2.07. The Morgan fingerprint density at radius 1 is 1.41 bits per heavy atom. The number of nitrogens with one attached hydrogen (secondary N) is 1. The maximum absolute atomic E-state index is 11.4. The van der Waals surface area contributed by atoms with E-state index < -0.39 is 0 Å². The lowest BCUT2D eigenvalue weighted by Gasteiger charge is -2.16. The summed E-state index contributed by atoms with van der Waals surface area (Å²) in [6.07, 6.45) is 0.545. The minimum absolute atomic E-state index is 0.161. The van der Waals surface area contributed by atoms with E-state index in [2.05, 4.69) is 43.4 Å². The summed E-state index contributed by atoms with van der Waals surface area (Å²) in [5.41, 5.74) is 2.53. The number of hydrogen-bond acceptors (Lipinski definition) is 2. The van der Waals surface area contributed by atoms with Crippen LogP contribution in [0.15, 0.2) is 24.3 Å².